The summed E-state index contributed by atoms with van der Waals surface area (Å²) < 4.78 is 68.7. The average Bonchev–Trinajstić information content (AvgIpc) is 0.967. The predicted octanol–water partition coefficient (Wildman–Crippen LogP) is 24.3. The lowest BCUT2D eigenvalue weighted by atomic mass is 10.0. The predicted molar refractivity (Wildman–Crippen MR) is 409 cm³/mol. The molecular formula is C81H158O17P2. The molecule has 100 heavy (non-hydrogen) atoms. The van der Waals surface area contributed by atoms with Crippen LogP contribution in [0.5, 0.6) is 0 Å². The molecule has 0 saturated carbocycles. The Morgan fingerprint density at radius 1 is 0.270 bits per heavy atom. The Morgan fingerprint density at radius 3 is 0.680 bits per heavy atom. The molecule has 0 aromatic rings. The van der Waals surface area contributed by atoms with Crippen molar-refractivity contribution in [3.63, 3.8) is 0 Å². The zero-order chi connectivity index (χ0) is 73.5. The highest BCUT2D eigenvalue weighted by atomic mass is 31.2. The van der Waals surface area contributed by atoms with Crippen molar-refractivity contribution >= 4 is 39.5 Å². The molecule has 0 aliphatic rings. The van der Waals surface area contributed by atoms with Gasteiger partial charge in [0.2, 0.25) is 0 Å². The number of carbonyl (C=O) groups excluding carboxylic acids is 4. The van der Waals surface area contributed by atoms with Crippen LogP contribution in [0.4, 0.5) is 0 Å². The zero-order valence-corrected chi connectivity index (χ0v) is 67.3. The summed E-state index contributed by atoms with van der Waals surface area (Å²) in [5, 5.41) is 10.6. The van der Waals surface area contributed by atoms with Gasteiger partial charge in [-0.15, -0.1) is 0 Å². The van der Waals surface area contributed by atoms with E-state index in [-0.39, 0.29) is 25.7 Å². The smallest absolute Gasteiger partial charge is 0.462 e. The molecule has 0 radical (unpaired) electrons. The number of carbonyl (C=O) groups is 4. The number of esters is 4. The molecule has 0 spiro atoms. The van der Waals surface area contributed by atoms with E-state index >= 15 is 0 Å². The van der Waals surface area contributed by atoms with Crippen molar-refractivity contribution in [2.75, 3.05) is 39.6 Å². The summed E-state index contributed by atoms with van der Waals surface area (Å²) >= 11 is 0. The van der Waals surface area contributed by atoms with E-state index in [9.17, 15) is 43.2 Å². The van der Waals surface area contributed by atoms with E-state index in [0.717, 1.165) is 102 Å². The third-order valence-electron chi connectivity index (χ3n) is 19.0. The summed E-state index contributed by atoms with van der Waals surface area (Å²) in [4.78, 5) is 72.9. The fraction of sp³-hybridized carbons (Fsp3) is 0.951. The molecule has 0 aromatic heterocycles. The van der Waals surface area contributed by atoms with Gasteiger partial charge in [0.1, 0.15) is 19.3 Å². The van der Waals surface area contributed by atoms with Crippen LogP contribution >= 0.6 is 15.6 Å². The second-order valence-corrected chi connectivity index (χ2v) is 33.0. The number of ether oxygens (including phenoxy) is 4. The molecule has 3 N–H and O–H groups in total. The van der Waals surface area contributed by atoms with E-state index in [1.165, 1.54) is 244 Å². The van der Waals surface area contributed by atoms with Crippen LogP contribution in [0.3, 0.4) is 0 Å². The molecule has 0 heterocycles. The number of aliphatic hydroxyl groups is 1. The first-order valence-electron chi connectivity index (χ1n) is 42.0. The number of hydrogen-bond acceptors (Lipinski definition) is 15. The highest BCUT2D eigenvalue weighted by molar-refractivity contribution is 7.47. The number of rotatable bonds is 80. The SMILES string of the molecule is CCCCCCCCCCCCCCCC(=O)O[C@H](COC(=O)CCCCCCCCCCC)COP(=O)(O)OC[C@H](O)COP(=O)(O)OC[C@@H](COC(=O)CCCCCCCCCCCCCCCCC(C)C)OC(=O)CCCCCCCCCCCCCCCCCCCCC(C)C. The topological polar surface area (TPSA) is 237 Å². The summed E-state index contributed by atoms with van der Waals surface area (Å²) in [5.41, 5.74) is 0. The van der Waals surface area contributed by atoms with Crippen LogP contribution in [0.1, 0.15) is 427 Å². The lowest BCUT2D eigenvalue weighted by Crippen LogP contribution is -2.30. The Balaban J connectivity index is 5.20. The third-order valence-corrected chi connectivity index (χ3v) is 20.9. The Labute approximate surface area is 613 Å². The van der Waals surface area contributed by atoms with Gasteiger partial charge in [0.25, 0.3) is 0 Å². The number of hydrogen-bond donors (Lipinski definition) is 3. The first kappa shape index (κ1) is 98.1. The van der Waals surface area contributed by atoms with Gasteiger partial charge in [-0.3, -0.25) is 37.3 Å². The van der Waals surface area contributed by atoms with Gasteiger partial charge in [-0.2, -0.15) is 0 Å². The van der Waals surface area contributed by atoms with Crippen LogP contribution < -0.4 is 0 Å². The van der Waals surface area contributed by atoms with E-state index in [4.69, 9.17) is 37.0 Å². The molecule has 0 aromatic carbocycles. The van der Waals surface area contributed by atoms with Crippen LogP contribution in [0.15, 0.2) is 0 Å². The second-order valence-electron chi connectivity index (χ2n) is 30.1. The Hall–Kier alpha value is -1.94. The molecule has 5 atom stereocenters. The Kier molecular flexibility index (Phi) is 71.2. The fourth-order valence-corrected chi connectivity index (χ4v) is 14.1. The van der Waals surface area contributed by atoms with E-state index < -0.39 is 97.5 Å². The molecule has 19 heteroatoms. The molecule has 0 rings (SSSR count). The van der Waals surface area contributed by atoms with Crippen LogP contribution in [-0.2, 0) is 65.4 Å². The summed E-state index contributed by atoms with van der Waals surface area (Å²) in [6.45, 7) is 9.68. The quantitative estimate of drug-likeness (QED) is 0.0222. The lowest BCUT2D eigenvalue weighted by molar-refractivity contribution is -0.161. The maximum absolute atomic E-state index is 13.1. The van der Waals surface area contributed by atoms with Crippen molar-refractivity contribution < 1.29 is 80.2 Å². The molecule has 2 unspecified atom stereocenters. The Bertz CT molecular complexity index is 1920. The summed E-state index contributed by atoms with van der Waals surface area (Å²) in [7, 11) is -9.92. The molecule has 0 bridgehead atoms. The first-order valence-corrected chi connectivity index (χ1v) is 45.0. The van der Waals surface area contributed by atoms with Gasteiger partial charge in [-0.05, 0) is 37.5 Å². The highest BCUT2D eigenvalue weighted by Crippen LogP contribution is 2.45. The van der Waals surface area contributed by atoms with Gasteiger partial charge < -0.3 is 33.8 Å². The molecule has 594 valence electrons. The van der Waals surface area contributed by atoms with Gasteiger partial charge in [-0.1, -0.05) is 375 Å². The molecule has 0 aliphatic carbocycles. The standard InChI is InChI=1S/C81H158O17P2/c1-7-9-11-13-15-17-18-27-35-41-47-53-59-65-80(85)97-76(69-91-78(83)63-57-51-45-37-16-14-12-10-8-2)71-95-99(87,88)93-67-75(82)68-94-100(89,90)96-72-77(70-92-79(84)64-58-52-46-40-34-30-26-25-29-33-39-44-50-56-62-74(5)6)98-81(86)66-60-54-48-42-36-31-24-22-20-19-21-23-28-32-38-43-49-55-61-73(3)4/h73-77,82H,7-72H2,1-6H3,(H,87,88)(H,89,90)/t75-,76+,77+/m0/s1. The molecule has 0 fully saturated rings. The minimum atomic E-state index is -4.96. The van der Waals surface area contributed by atoms with Gasteiger partial charge in [0.15, 0.2) is 12.2 Å². The minimum Gasteiger partial charge on any atom is -0.462 e. The van der Waals surface area contributed by atoms with Crippen molar-refractivity contribution in [2.45, 2.75) is 445 Å². The van der Waals surface area contributed by atoms with E-state index in [0.29, 0.717) is 25.7 Å². The first-order chi connectivity index (χ1) is 48.4. The second kappa shape index (κ2) is 72.6. The van der Waals surface area contributed by atoms with E-state index in [1.54, 1.807) is 0 Å². The monoisotopic (exact) mass is 1470 g/mol. The van der Waals surface area contributed by atoms with Crippen molar-refractivity contribution in [1.29, 1.82) is 0 Å². The van der Waals surface area contributed by atoms with Crippen molar-refractivity contribution in [2.24, 2.45) is 11.8 Å². The van der Waals surface area contributed by atoms with Gasteiger partial charge in [-0.25, -0.2) is 9.13 Å². The maximum Gasteiger partial charge on any atom is 0.472 e. The van der Waals surface area contributed by atoms with Crippen LogP contribution in [0, 0.1) is 11.8 Å². The third kappa shape index (κ3) is 74.3. The van der Waals surface area contributed by atoms with Crippen molar-refractivity contribution in [1.82, 2.24) is 0 Å². The summed E-state index contributed by atoms with van der Waals surface area (Å²) in [5.74, 6) is -0.489. The molecular weight excluding hydrogens is 1310 g/mol. The lowest BCUT2D eigenvalue weighted by Gasteiger charge is -2.21. The van der Waals surface area contributed by atoms with Gasteiger partial charge in [0.05, 0.1) is 26.4 Å². The Morgan fingerprint density at radius 2 is 0.460 bits per heavy atom. The molecule has 0 amide bonds. The molecule has 17 nitrogen and oxygen atoms in total. The van der Waals surface area contributed by atoms with Crippen molar-refractivity contribution in [3.05, 3.63) is 0 Å². The van der Waals surface area contributed by atoms with Crippen molar-refractivity contribution in [3.8, 4) is 0 Å². The van der Waals surface area contributed by atoms with Crippen LogP contribution in [-0.4, -0.2) is 96.7 Å². The largest absolute Gasteiger partial charge is 0.472 e. The number of phosphoric ester groups is 2. The number of aliphatic hydroxyl groups excluding tert-OH is 1. The molecule has 0 aliphatic heterocycles. The van der Waals surface area contributed by atoms with Crippen LogP contribution in [0.2, 0.25) is 0 Å². The van der Waals surface area contributed by atoms with E-state index in [1.807, 2.05) is 0 Å². The molecule has 0 saturated heterocycles. The van der Waals surface area contributed by atoms with Gasteiger partial charge >= 0.3 is 39.5 Å². The van der Waals surface area contributed by atoms with Gasteiger partial charge in [0, 0.05) is 25.7 Å². The van der Waals surface area contributed by atoms with E-state index in [2.05, 4.69) is 41.5 Å². The average molecular weight is 1470 g/mol. The normalized spacial score (nSPS) is 13.9. The summed E-state index contributed by atoms with van der Waals surface area (Å²) in [6, 6.07) is 0. The van der Waals surface area contributed by atoms with Crippen LogP contribution in [0.25, 0.3) is 0 Å². The highest BCUT2D eigenvalue weighted by Gasteiger charge is 2.30. The summed E-state index contributed by atoms with van der Waals surface area (Å²) in [6.07, 6.45) is 62.4. The number of phosphoric acid groups is 2. The fourth-order valence-electron chi connectivity index (χ4n) is 12.5. The zero-order valence-electron chi connectivity index (χ0n) is 65.5. The maximum atomic E-state index is 13.1. The minimum absolute atomic E-state index is 0.108. The number of unbranched alkanes of at least 4 members (excludes halogenated alkanes) is 50.